The molecular weight excluding hydrogens is 366 g/mol. The van der Waals surface area contributed by atoms with E-state index in [2.05, 4.69) is 22.1 Å². The summed E-state index contributed by atoms with van der Waals surface area (Å²) >= 11 is 2.98. The van der Waals surface area contributed by atoms with Crippen molar-refractivity contribution < 1.29 is 9.53 Å². The summed E-state index contributed by atoms with van der Waals surface area (Å²) in [6.07, 6.45) is 3.24. The molecule has 1 heterocycles. The molecule has 0 saturated heterocycles. The molecule has 0 spiro atoms. The molecule has 26 heavy (non-hydrogen) atoms. The van der Waals surface area contributed by atoms with Crippen LogP contribution >= 0.6 is 23.1 Å². The van der Waals surface area contributed by atoms with E-state index >= 15 is 0 Å². The fourth-order valence-electron chi connectivity index (χ4n) is 2.11. The number of aromatic nitrogens is 1. The first-order valence-corrected chi connectivity index (χ1v) is 9.69. The molecule has 0 bridgehead atoms. The van der Waals surface area contributed by atoms with Crippen LogP contribution in [0.4, 0.5) is 0 Å². The molecule has 1 aromatic heterocycles. The maximum atomic E-state index is 12.0. The van der Waals surface area contributed by atoms with E-state index in [1.807, 2.05) is 48.5 Å². The van der Waals surface area contributed by atoms with Gasteiger partial charge in [-0.3, -0.25) is 4.79 Å². The van der Waals surface area contributed by atoms with Gasteiger partial charge in [0.25, 0.3) is 5.91 Å². The van der Waals surface area contributed by atoms with Crippen molar-refractivity contribution in [2.24, 2.45) is 5.10 Å². The number of hydrazone groups is 1. The molecule has 132 valence electrons. The fourth-order valence-corrected chi connectivity index (χ4v) is 3.97. The Morgan fingerprint density at radius 2 is 2.08 bits per heavy atom. The molecule has 0 radical (unpaired) electrons. The zero-order valence-electron chi connectivity index (χ0n) is 13.9. The van der Waals surface area contributed by atoms with E-state index in [0.717, 1.165) is 20.1 Å². The highest BCUT2D eigenvalue weighted by Gasteiger charge is 2.07. The molecule has 3 rings (SSSR count). The Morgan fingerprint density at radius 3 is 2.92 bits per heavy atom. The van der Waals surface area contributed by atoms with Crippen LogP contribution in [-0.2, 0) is 4.79 Å². The van der Waals surface area contributed by atoms with Crippen LogP contribution in [0, 0.1) is 0 Å². The van der Waals surface area contributed by atoms with Gasteiger partial charge < -0.3 is 4.74 Å². The number of nitrogens with zero attached hydrogens (tertiary/aromatic N) is 2. The maximum Gasteiger partial charge on any atom is 0.250 e. The van der Waals surface area contributed by atoms with Gasteiger partial charge in [0.2, 0.25) is 0 Å². The van der Waals surface area contributed by atoms with Crippen LogP contribution < -0.4 is 10.2 Å². The number of carbonyl (C=O) groups is 1. The van der Waals surface area contributed by atoms with Crippen LogP contribution in [0.3, 0.4) is 0 Å². The topological polar surface area (TPSA) is 63.6 Å². The summed E-state index contributed by atoms with van der Waals surface area (Å²) in [5.41, 5.74) is 4.27. The van der Waals surface area contributed by atoms with Crippen molar-refractivity contribution in [3.05, 3.63) is 66.7 Å². The molecule has 5 nitrogen and oxygen atoms in total. The Hall–Kier alpha value is -2.64. The quantitative estimate of drug-likeness (QED) is 0.275. The van der Waals surface area contributed by atoms with Gasteiger partial charge in [-0.25, -0.2) is 10.4 Å². The number of para-hydroxylation sites is 2. The summed E-state index contributed by atoms with van der Waals surface area (Å²) in [6, 6.07) is 15.4. The molecular formula is C19H17N3O2S2. The van der Waals surface area contributed by atoms with Crippen molar-refractivity contribution >= 4 is 45.4 Å². The fraction of sp³-hybridized carbons (Fsp3) is 0.105. The zero-order chi connectivity index (χ0) is 18.2. The van der Waals surface area contributed by atoms with E-state index in [0.29, 0.717) is 12.4 Å². The van der Waals surface area contributed by atoms with Crippen LogP contribution in [0.1, 0.15) is 5.56 Å². The number of hydrogen-bond acceptors (Lipinski definition) is 6. The number of ether oxygens (including phenoxy) is 1. The monoisotopic (exact) mass is 383 g/mol. The van der Waals surface area contributed by atoms with E-state index in [1.165, 1.54) is 11.8 Å². The van der Waals surface area contributed by atoms with Crippen molar-refractivity contribution in [2.45, 2.75) is 4.34 Å². The standard InChI is InChI=1S/C19H17N3O2S2/c1-2-11-24-16-9-5-3-7-14(16)12-20-22-18(23)13-25-19-21-15-8-4-6-10-17(15)26-19/h2-10,12H,1,11,13H2,(H,22,23)/b20-12-. The van der Waals surface area contributed by atoms with Crippen LogP contribution in [-0.4, -0.2) is 29.5 Å². The first kappa shape index (κ1) is 18.2. The van der Waals surface area contributed by atoms with E-state index in [-0.39, 0.29) is 11.7 Å². The lowest BCUT2D eigenvalue weighted by Crippen LogP contribution is -2.19. The van der Waals surface area contributed by atoms with Gasteiger partial charge in [0.15, 0.2) is 4.34 Å². The number of hydrogen-bond donors (Lipinski definition) is 1. The Bertz CT molecular complexity index is 904. The Labute approximate surface area is 159 Å². The van der Waals surface area contributed by atoms with Gasteiger partial charge in [-0.05, 0) is 24.3 Å². The molecule has 3 aromatic rings. The summed E-state index contributed by atoms with van der Waals surface area (Å²) in [7, 11) is 0. The van der Waals surface area contributed by atoms with Crippen molar-refractivity contribution in [3.63, 3.8) is 0 Å². The molecule has 0 saturated carbocycles. The van der Waals surface area contributed by atoms with E-state index in [9.17, 15) is 4.79 Å². The molecule has 0 fully saturated rings. The first-order valence-electron chi connectivity index (χ1n) is 7.89. The van der Waals surface area contributed by atoms with Crippen LogP contribution in [0.5, 0.6) is 5.75 Å². The summed E-state index contributed by atoms with van der Waals surface area (Å²) < 4.78 is 7.53. The molecule has 7 heteroatoms. The second kappa shape index (κ2) is 9.17. The Kier molecular flexibility index (Phi) is 6.40. The normalized spacial score (nSPS) is 10.9. The van der Waals surface area contributed by atoms with Crippen molar-refractivity contribution in [1.82, 2.24) is 10.4 Å². The zero-order valence-corrected chi connectivity index (χ0v) is 15.6. The number of nitrogens with one attached hydrogen (secondary N) is 1. The SMILES string of the molecule is C=CCOc1ccccc1/C=N\NC(=O)CSc1nc2ccccc2s1. The van der Waals surface area contributed by atoms with Crippen LogP contribution in [0.15, 0.2) is 70.6 Å². The first-order chi connectivity index (χ1) is 12.8. The molecule has 0 aliphatic carbocycles. The molecule has 2 aromatic carbocycles. The maximum absolute atomic E-state index is 12.0. The summed E-state index contributed by atoms with van der Waals surface area (Å²) in [5.74, 6) is 0.760. The predicted octanol–water partition coefficient (Wildman–Crippen LogP) is 4.10. The highest BCUT2D eigenvalue weighted by Crippen LogP contribution is 2.29. The second-order valence-corrected chi connectivity index (χ2v) is 7.42. The number of carbonyl (C=O) groups excluding carboxylic acids is 1. The average molecular weight is 383 g/mol. The third kappa shape index (κ3) is 4.93. The van der Waals surface area contributed by atoms with Gasteiger partial charge in [0.1, 0.15) is 12.4 Å². The summed E-state index contributed by atoms with van der Waals surface area (Å²) in [4.78, 5) is 16.5. The third-order valence-electron chi connectivity index (χ3n) is 3.27. The van der Waals surface area contributed by atoms with Crippen LogP contribution in [0.25, 0.3) is 10.2 Å². The average Bonchev–Trinajstić information content (AvgIpc) is 3.08. The van der Waals surface area contributed by atoms with E-state index in [1.54, 1.807) is 23.6 Å². The minimum atomic E-state index is -0.185. The second-order valence-electron chi connectivity index (χ2n) is 5.17. The summed E-state index contributed by atoms with van der Waals surface area (Å²) in [6.45, 7) is 4.04. The lowest BCUT2D eigenvalue weighted by Gasteiger charge is -2.06. The molecule has 0 aliphatic rings. The highest BCUT2D eigenvalue weighted by molar-refractivity contribution is 8.01. The largest absolute Gasteiger partial charge is 0.489 e. The molecule has 1 N–H and O–H groups in total. The minimum absolute atomic E-state index is 0.185. The number of fused-ring (bicyclic) bond motifs is 1. The Balaban J connectivity index is 1.52. The van der Waals surface area contributed by atoms with Gasteiger partial charge in [0, 0.05) is 5.56 Å². The number of benzene rings is 2. The van der Waals surface area contributed by atoms with Crippen molar-refractivity contribution in [3.8, 4) is 5.75 Å². The number of amides is 1. The van der Waals surface area contributed by atoms with Crippen LogP contribution in [0.2, 0.25) is 0 Å². The predicted molar refractivity (Wildman–Crippen MR) is 108 cm³/mol. The molecule has 1 amide bonds. The van der Waals surface area contributed by atoms with Crippen molar-refractivity contribution in [1.29, 1.82) is 0 Å². The number of thioether (sulfide) groups is 1. The molecule has 0 aliphatic heterocycles. The van der Waals surface area contributed by atoms with E-state index in [4.69, 9.17) is 4.74 Å². The number of thiazole rings is 1. The molecule has 0 atom stereocenters. The minimum Gasteiger partial charge on any atom is -0.489 e. The smallest absolute Gasteiger partial charge is 0.250 e. The number of rotatable bonds is 8. The Morgan fingerprint density at radius 1 is 1.27 bits per heavy atom. The van der Waals surface area contributed by atoms with Gasteiger partial charge in [-0.15, -0.1) is 11.3 Å². The third-order valence-corrected chi connectivity index (χ3v) is 5.45. The van der Waals surface area contributed by atoms with Crippen molar-refractivity contribution in [2.75, 3.05) is 12.4 Å². The van der Waals surface area contributed by atoms with Gasteiger partial charge in [-0.2, -0.15) is 5.10 Å². The van der Waals surface area contributed by atoms with Gasteiger partial charge in [-0.1, -0.05) is 48.7 Å². The molecule has 0 unspecified atom stereocenters. The van der Waals surface area contributed by atoms with Gasteiger partial charge >= 0.3 is 0 Å². The lowest BCUT2D eigenvalue weighted by molar-refractivity contribution is -0.118. The highest BCUT2D eigenvalue weighted by atomic mass is 32.2. The summed E-state index contributed by atoms with van der Waals surface area (Å²) in [5, 5.41) is 4.00. The van der Waals surface area contributed by atoms with Gasteiger partial charge in [0.05, 0.1) is 22.2 Å². The van der Waals surface area contributed by atoms with E-state index < -0.39 is 0 Å². The lowest BCUT2D eigenvalue weighted by atomic mass is 10.2.